The van der Waals surface area contributed by atoms with E-state index in [4.69, 9.17) is 14.3 Å². The first kappa shape index (κ1) is 13.9. The first-order chi connectivity index (χ1) is 9.40. The Morgan fingerprint density at radius 3 is 2.65 bits per heavy atom. The Kier molecular flexibility index (Phi) is 3.61. The molecule has 104 valence electrons. The predicted molar refractivity (Wildman–Crippen MR) is 73.7 cm³/mol. The summed E-state index contributed by atoms with van der Waals surface area (Å²) in [6, 6.07) is 1.75. The molecule has 1 heterocycles. The first-order valence-electron chi connectivity index (χ1n) is 6.01. The van der Waals surface area contributed by atoms with E-state index in [1.807, 2.05) is 6.92 Å². The summed E-state index contributed by atoms with van der Waals surface area (Å²) in [5.74, 6) is -1.22. The van der Waals surface area contributed by atoms with Crippen LogP contribution in [0.15, 0.2) is 22.8 Å². The number of fused-ring (bicyclic) bond motifs is 1. The normalized spacial score (nSPS) is 11.2. The number of carbonyl (C=O) groups excluding carboxylic acids is 1. The second kappa shape index (κ2) is 5.21. The van der Waals surface area contributed by atoms with Crippen LogP contribution in [0.25, 0.3) is 17.0 Å². The summed E-state index contributed by atoms with van der Waals surface area (Å²) in [6.07, 6.45) is 4.02. The van der Waals surface area contributed by atoms with Crippen molar-refractivity contribution in [3.63, 3.8) is 0 Å². The second-order valence-corrected chi connectivity index (χ2v) is 4.48. The van der Waals surface area contributed by atoms with E-state index in [0.29, 0.717) is 22.5 Å². The largest absolute Gasteiger partial charge is 0.478 e. The lowest BCUT2D eigenvalue weighted by Gasteiger charge is -2.10. The number of hydrogen-bond acceptors (Lipinski definition) is 4. The molecule has 0 unspecified atom stereocenters. The number of rotatable bonds is 3. The number of aryl methyl sites for hydroxylation is 2. The minimum Gasteiger partial charge on any atom is -0.478 e. The van der Waals surface area contributed by atoms with E-state index in [9.17, 15) is 9.59 Å². The Labute approximate surface area is 115 Å². The number of hydrogen-bond donors (Lipinski definition) is 1. The molecule has 0 aliphatic rings. The van der Waals surface area contributed by atoms with Crippen LogP contribution in [0.3, 0.4) is 0 Å². The van der Waals surface area contributed by atoms with Gasteiger partial charge in [0.15, 0.2) is 0 Å². The number of furan rings is 1. The van der Waals surface area contributed by atoms with Crippen molar-refractivity contribution in [1.82, 2.24) is 0 Å². The Morgan fingerprint density at radius 1 is 1.35 bits per heavy atom. The fourth-order valence-electron chi connectivity index (χ4n) is 2.03. The maximum absolute atomic E-state index is 11.2. The summed E-state index contributed by atoms with van der Waals surface area (Å²) in [5, 5.41) is 9.60. The van der Waals surface area contributed by atoms with Crippen LogP contribution in [-0.4, -0.2) is 17.0 Å². The number of carboxylic acid groups (broad SMARTS) is 1. The molecule has 0 bridgehead atoms. The standard InChI is InChI=1S/C15H14O5/c1-8-7-19-15-9(2)14(20-10(3)16)11(6-12(8)15)4-5-13(17)18/h4-7H,1-3H3,(H,17,18)/b5-4+. The van der Waals surface area contributed by atoms with Gasteiger partial charge in [0.25, 0.3) is 0 Å². The van der Waals surface area contributed by atoms with E-state index in [1.165, 1.54) is 13.0 Å². The molecule has 20 heavy (non-hydrogen) atoms. The summed E-state index contributed by atoms with van der Waals surface area (Å²) in [7, 11) is 0. The Hall–Kier alpha value is -2.56. The van der Waals surface area contributed by atoms with E-state index in [0.717, 1.165) is 17.0 Å². The number of carboxylic acids is 1. The highest BCUT2D eigenvalue weighted by atomic mass is 16.5. The molecule has 0 fully saturated rings. The third-order valence-electron chi connectivity index (χ3n) is 2.92. The van der Waals surface area contributed by atoms with Crippen molar-refractivity contribution in [1.29, 1.82) is 0 Å². The van der Waals surface area contributed by atoms with Gasteiger partial charge in [0.1, 0.15) is 11.3 Å². The van der Waals surface area contributed by atoms with Gasteiger partial charge in [-0.15, -0.1) is 0 Å². The predicted octanol–water partition coefficient (Wildman–Crippen LogP) is 3.07. The van der Waals surface area contributed by atoms with E-state index in [-0.39, 0.29) is 0 Å². The van der Waals surface area contributed by atoms with Crippen LogP contribution in [0.5, 0.6) is 5.75 Å². The van der Waals surface area contributed by atoms with Gasteiger partial charge in [-0.3, -0.25) is 4.79 Å². The summed E-state index contributed by atoms with van der Waals surface area (Å²) < 4.78 is 10.6. The molecule has 2 rings (SSSR count). The van der Waals surface area contributed by atoms with Gasteiger partial charge < -0.3 is 14.3 Å². The molecule has 0 aliphatic heterocycles. The lowest BCUT2D eigenvalue weighted by Crippen LogP contribution is -2.04. The van der Waals surface area contributed by atoms with Crippen LogP contribution in [0, 0.1) is 13.8 Å². The van der Waals surface area contributed by atoms with Crippen molar-refractivity contribution < 1.29 is 23.8 Å². The van der Waals surface area contributed by atoms with Crippen molar-refractivity contribution in [2.24, 2.45) is 0 Å². The molecule has 0 radical (unpaired) electrons. The van der Waals surface area contributed by atoms with Gasteiger partial charge in [-0.1, -0.05) is 0 Å². The maximum atomic E-state index is 11.2. The molecule has 0 saturated heterocycles. The molecule has 0 saturated carbocycles. The quantitative estimate of drug-likeness (QED) is 0.528. The van der Waals surface area contributed by atoms with Crippen LogP contribution in [0.4, 0.5) is 0 Å². The fraction of sp³-hybridized carbons (Fsp3) is 0.200. The van der Waals surface area contributed by atoms with Crippen LogP contribution in [-0.2, 0) is 9.59 Å². The van der Waals surface area contributed by atoms with Gasteiger partial charge in [0.05, 0.1) is 6.26 Å². The first-order valence-corrected chi connectivity index (χ1v) is 6.01. The zero-order valence-electron chi connectivity index (χ0n) is 11.4. The van der Waals surface area contributed by atoms with Crippen LogP contribution in [0.2, 0.25) is 0 Å². The molecule has 0 amide bonds. The molecule has 0 spiro atoms. The Balaban J connectivity index is 2.70. The molecule has 2 aromatic rings. The number of esters is 1. The van der Waals surface area contributed by atoms with Crippen molar-refractivity contribution in [2.45, 2.75) is 20.8 Å². The SMILES string of the molecule is CC(=O)Oc1c(/C=C/C(=O)O)cc2c(C)coc2c1C. The van der Waals surface area contributed by atoms with E-state index in [2.05, 4.69) is 0 Å². The van der Waals surface area contributed by atoms with E-state index < -0.39 is 11.9 Å². The third kappa shape index (κ3) is 2.56. The summed E-state index contributed by atoms with van der Waals surface area (Å²) in [4.78, 5) is 21.9. The number of benzene rings is 1. The van der Waals surface area contributed by atoms with Crippen LogP contribution < -0.4 is 4.74 Å². The van der Waals surface area contributed by atoms with Crippen molar-refractivity contribution >= 4 is 29.0 Å². The fourth-order valence-corrected chi connectivity index (χ4v) is 2.03. The molecule has 0 atom stereocenters. The van der Waals surface area contributed by atoms with Crippen LogP contribution in [0.1, 0.15) is 23.6 Å². The minimum atomic E-state index is -1.07. The average molecular weight is 274 g/mol. The Morgan fingerprint density at radius 2 is 2.05 bits per heavy atom. The topological polar surface area (TPSA) is 76.7 Å². The zero-order chi connectivity index (χ0) is 14.9. The summed E-state index contributed by atoms with van der Waals surface area (Å²) in [5.41, 5.74) is 2.75. The highest BCUT2D eigenvalue weighted by molar-refractivity contribution is 5.92. The van der Waals surface area contributed by atoms with E-state index in [1.54, 1.807) is 19.3 Å². The summed E-state index contributed by atoms with van der Waals surface area (Å²) >= 11 is 0. The number of ether oxygens (including phenoxy) is 1. The third-order valence-corrected chi connectivity index (χ3v) is 2.92. The van der Waals surface area contributed by atoms with Crippen molar-refractivity contribution in [2.75, 3.05) is 0 Å². The van der Waals surface area contributed by atoms with E-state index >= 15 is 0 Å². The second-order valence-electron chi connectivity index (χ2n) is 4.48. The maximum Gasteiger partial charge on any atom is 0.328 e. The van der Waals surface area contributed by atoms with Gasteiger partial charge >= 0.3 is 11.9 Å². The van der Waals surface area contributed by atoms with Crippen molar-refractivity contribution in [3.8, 4) is 5.75 Å². The van der Waals surface area contributed by atoms with Crippen LogP contribution >= 0.6 is 0 Å². The van der Waals surface area contributed by atoms with Gasteiger partial charge in [-0.2, -0.15) is 0 Å². The lowest BCUT2D eigenvalue weighted by atomic mass is 10.0. The molecule has 5 heteroatoms. The minimum absolute atomic E-state index is 0.317. The molecule has 5 nitrogen and oxygen atoms in total. The monoisotopic (exact) mass is 274 g/mol. The molecule has 1 aromatic carbocycles. The highest BCUT2D eigenvalue weighted by Gasteiger charge is 2.16. The van der Waals surface area contributed by atoms with Gasteiger partial charge in [0, 0.05) is 29.5 Å². The number of aliphatic carboxylic acids is 1. The zero-order valence-corrected chi connectivity index (χ0v) is 11.4. The van der Waals surface area contributed by atoms with Gasteiger partial charge in [-0.25, -0.2) is 4.79 Å². The molecule has 0 aliphatic carbocycles. The number of carbonyl (C=O) groups is 2. The highest BCUT2D eigenvalue weighted by Crippen LogP contribution is 2.35. The smallest absolute Gasteiger partial charge is 0.328 e. The average Bonchev–Trinajstić information content (AvgIpc) is 2.72. The van der Waals surface area contributed by atoms with Crippen molar-refractivity contribution in [3.05, 3.63) is 35.1 Å². The molecule has 1 N–H and O–H groups in total. The van der Waals surface area contributed by atoms with Gasteiger partial charge in [0.2, 0.25) is 0 Å². The summed E-state index contributed by atoms with van der Waals surface area (Å²) in [6.45, 7) is 4.95. The van der Waals surface area contributed by atoms with Gasteiger partial charge in [-0.05, 0) is 31.6 Å². The molecular formula is C15H14O5. The molecule has 1 aromatic heterocycles. The lowest BCUT2D eigenvalue weighted by molar-refractivity contribution is -0.132. The molecular weight excluding hydrogens is 260 g/mol. The Bertz CT molecular complexity index is 721.